The van der Waals surface area contributed by atoms with Crippen molar-refractivity contribution in [3.8, 4) is 5.75 Å². The average Bonchev–Trinajstić information content (AvgIpc) is 3.48. The Morgan fingerprint density at radius 2 is 2.03 bits per heavy atom. The third-order valence-electron chi connectivity index (χ3n) is 6.22. The highest BCUT2D eigenvalue weighted by atomic mass is 32.1. The molecule has 1 N–H and O–H groups in total. The molecule has 7 nitrogen and oxygen atoms in total. The number of ketones is 1. The molecule has 2 fully saturated rings. The van der Waals surface area contributed by atoms with Crippen LogP contribution >= 0.6 is 11.3 Å². The fourth-order valence-corrected chi connectivity index (χ4v) is 5.77. The zero-order chi connectivity index (χ0) is 20.7. The standard InChI is InChI=1S/C22H23N3O4S/c26-18-10-14(21(28)25-11-13-6-7-15(25)8-13)9-17-20(18)30-22(23-17)24-19(27)12-29-16-4-2-1-3-5-16/h1-5,13-15H,6-12H2,(H,23,24,27)/t13-,14+,15-/m0/s1. The number of piperidine rings is 1. The van der Waals surface area contributed by atoms with Crippen LogP contribution in [0.15, 0.2) is 30.3 Å². The van der Waals surface area contributed by atoms with Crippen LogP contribution in [-0.4, -0.2) is 46.7 Å². The van der Waals surface area contributed by atoms with Crippen molar-refractivity contribution in [3.05, 3.63) is 40.9 Å². The van der Waals surface area contributed by atoms with Gasteiger partial charge in [-0.1, -0.05) is 29.5 Å². The number of hydrogen-bond acceptors (Lipinski definition) is 6. The number of para-hydroxylation sites is 1. The van der Waals surface area contributed by atoms with E-state index in [1.54, 1.807) is 12.1 Å². The second-order valence-corrected chi connectivity index (χ2v) is 9.30. The van der Waals surface area contributed by atoms with Crippen molar-refractivity contribution in [1.82, 2.24) is 9.88 Å². The zero-order valence-corrected chi connectivity index (χ0v) is 17.3. The Labute approximate surface area is 178 Å². The summed E-state index contributed by atoms with van der Waals surface area (Å²) in [5, 5.41) is 3.09. The van der Waals surface area contributed by atoms with Crippen LogP contribution in [-0.2, 0) is 16.0 Å². The summed E-state index contributed by atoms with van der Waals surface area (Å²) in [5.74, 6) is 0.606. The van der Waals surface area contributed by atoms with Gasteiger partial charge in [0.2, 0.25) is 5.91 Å². The van der Waals surface area contributed by atoms with Crippen molar-refractivity contribution in [2.75, 3.05) is 18.5 Å². The predicted molar refractivity (Wildman–Crippen MR) is 112 cm³/mol. The van der Waals surface area contributed by atoms with Crippen molar-refractivity contribution in [3.63, 3.8) is 0 Å². The van der Waals surface area contributed by atoms with E-state index in [4.69, 9.17) is 4.74 Å². The Morgan fingerprint density at radius 3 is 2.77 bits per heavy atom. The second-order valence-electron chi connectivity index (χ2n) is 8.30. The molecule has 2 aromatic rings. The summed E-state index contributed by atoms with van der Waals surface area (Å²) >= 11 is 1.18. The molecule has 2 heterocycles. The SMILES string of the molecule is O=C(COc1ccccc1)Nc1nc2c(s1)C(=O)C[C@H](C(=O)N1C[C@H]3CC[C@H]1C3)C2. The minimum atomic E-state index is -0.337. The molecule has 1 aromatic heterocycles. The van der Waals surface area contributed by atoms with Gasteiger partial charge in [0.1, 0.15) is 5.75 Å². The number of carbonyl (C=O) groups excluding carboxylic acids is 3. The van der Waals surface area contributed by atoms with E-state index in [1.165, 1.54) is 17.8 Å². The van der Waals surface area contributed by atoms with E-state index in [0.29, 0.717) is 39.8 Å². The highest BCUT2D eigenvalue weighted by Gasteiger charge is 2.44. The number of Topliss-reactive ketones (excluding diaryl/α,β-unsaturated/α-hetero) is 1. The first-order chi connectivity index (χ1) is 14.6. The van der Waals surface area contributed by atoms with Crippen LogP contribution in [0.25, 0.3) is 0 Å². The molecule has 3 aliphatic rings. The highest BCUT2D eigenvalue weighted by Crippen LogP contribution is 2.40. The Kier molecular flexibility index (Phi) is 5.02. The Balaban J connectivity index is 1.22. The van der Waals surface area contributed by atoms with E-state index in [9.17, 15) is 14.4 Å². The first-order valence-electron chi connectivity index (χ1n) is 10.4. The van der Waals surface area contributed by atoms with E-state index >= 15 is 0 Å². The molecule has 156 valence electrons. The molecule has 0 spiro atoms. The van der Waals surface area contributed by atoms with Crippen LogP contribution < -0.4 is 10.1 Å². The number of rotatable bonds is 5. The smallest absolute Gasteiger partial charge is 0.264 e. The first-order valence-corrected chi connectivity index (χ1v) is 11.2. The number of nitrogens with one attached hydrogen (secondary N) is 1. The molecule has 0 unspecified atom stereocenters. The van der Waals surface area contributed by atoms with Crippen LogP contribution in [0.3, 0.4) is 0 Å². The molecular weight excluding hydrogens is 402 g/mol. The van der Waals surface area contributed by atoms with Crippen molar-refractivity contribution < 1.29 is 19.1 Å². The lowest BCUT2D eigenvalue weighted by atomic mass is 9.88. The normalized spacial score (nSPS) is 24.6. The van der Waals surface area contributed by atoms with Crippen LogP contribution in [0.1, 0.15) is 41.0 Å². The number of fused-ring (bicyclic) bond motifs is 3. The molecule has 1 saturated heterocycles. The van der Waals surface area contributed by atoms with E-state index in [0.717, 1.165) is 19.4 Å². The topological polar surface area (TPSA) is 88.6 Å². The number of benzene rings is 1. The molecule has 0 radical (unpaired) electrons. The molecule has 3 atom stereocenters. The van der Waals surface area contributed by atoms with Crippen LogP contribution in [0.4, 0.5) is 5.13 Å². The zero-order valence-electron chi connectivity index (χ0n) is 16.5. The maximum Gasteiger partial charge on any atom is 0.264 e. The summed E-state index contributed by atoms with van der Waals surface area (Å²) in [5.41, 5.74) is 0.623. The number of nitrogens with zero attached hydrogens (tertiary/aromatic N) is 2. The number of aromatic nitrogens is 1. The van der Waals surface area contributed by atoms with Gasteiger partial charge < -0.3 is 9.64 Å². The lowest BCUT2D eigenvalue weighted by Crippen LogP contribution is -2.43. The summed E-state index contributed by atoms with van der Waals surface area (Å²) in [7, 11) is 0. The Morgan fingerprint density at radius 1 is 1.20 bits per heavy atom. The number of thiazole rings is 1. The maximum atomic E-state index is 13.0. The number of carbonyl (C=O) groups is 3. The minimum absolute atomic E-state index is 0.0579. The van der Waals surface area contributed by atoms with E-state index < -0.39 is 0 Å². The van der Waals surface area contributed by atoms with Gasteiger partial charge >= 0.3 is 0 Å². The lowest BCUT2D eigenvalue weighted by Gasteiger charge is -2.31. The third kappa shape index (κ3) is 3.71. The number of hydrogen-bond donors (Lipinski definition) is 1. The summed E-state index contributed by atoms with van der Waals surface area (Å²) in [6, 6.07) is 9.44. The second kappa shape index (κ2) is 7.83. The average molecular weight is 426 g/mol. The van der Waals surface area contributed by atoms with Gasteiger partial charge in [-0.25, -0.2) is 4.98 Å². The van der Waals surface area contributed by atoms with Gasteiger partial charge in [0.15, 0.2) is 17.5 Å². The molecule has 5 rings (SSSR count). The van der Waals surface area contributed by atoms with Gasteiger partial charge in [-0.2, -0.15) is 0 Å². The summed E-state index contributed by atoms with van der Waals surface area (Å²) in [6.07, 6.45) is 4.09. The van der Waals surface area contributed by atoms with Gasteiger partial charge in [-0.15, -0.1) is 0 Å². The molecule has 1 aliphatic heterocycles. The maximum absolute atomic E-state index is 13.0. The third-order valence-corrected chi connectivity index (χ3v) is 7.28. The quantitative estimate of drug-likeness (QED) is 0.796. The van der Waals surface area contributed by atoms with Crippen LogP contribution in [0.5, 0.6) is 5.75 Å². The fraction of sp³-hybridized carbons (Fsp3) is 0.455. The molecule has 1 saturated carbocycles. The summed E-state index contributed by atoms with van der Waals surface area (Å²) in [4.78, 5) is 44.8. The Bertz CT molecular complexity index is 990. The monoisotopic (exact) mass is 425 g/mol. The van der Waals surface area contributed by atoms with E-state index in [-0.39, 0.29) is 36.5 Å². The molecule has 2 bridgehead atoms. The molecule has 30 heavy (non-hydrogen) atoms. The fourth-order valence-electron chi connectivity index (χ4n) is 4.81. The first kappa shape index (κ1) is 19.2. The molecule has 1 aromatic carbocycles. The van der Waals surface area contributed by atoms with E-state index in [1.807, 2.05) is 23.1 Å². The van der Waals surface area contributed by atoms with E-state index in [2.05, 4.69) is 10.3 Å². The number of amides is 2. The number of ether oxygens (including phenoxy) is 1. The van der Waals surface area contributed by atoms with Gasteiger partial charge in [0, 0.05) is 25.4 Å². The molecule has 2 aliphatic carbocycles. The van der Waals surface area contributed by atoms with Crippen LogP contribution in [0.2, 0.25) is 0 Å². The molecule has 2 amide bonds. The van der Waals surface area contributed by atoms with Crippen molar-refractivity contribution >= 4 is 34.1 Å². The lowest BCUT2D eigenvalue weighted by molar-refractivity contribution is -0.137. The van der Waals surface area contributed by atoms with Gasteiger partial charge in [0.05, 0.1) is 16.5 Å². The van der Waals surface area contributed by atoms with Crippen LogP contribution in [0, 0.1) is 11.8 Å². The predicted octanol–water partition coefficient (Wildman–Crippen LogP) is 2.92. The highest BCUT2D eigenvalue weighted by molar-refractivity contribution is 7.17. The number of anilines is 1. The largest absolute Gasteiger partial charge is 0.484 e. The van der Waals surface area contributed by atoms with Crippen molar-refractivity contribution in [2.45, 2.75) is 38.1 Å². The van der Waals surface area contributed by atoms with Gasteiger partial charge in [-0.05, 0) is 37.3 Å². The van der Waals surface area contributed by atoms with Crippen molar-refractivity contribution in [2.24, 2.45) is 11.8 Å². The van der Waals surface area contributed by atoms with Gasteiger partial charge in [0.25, 0.3) is 5.91 Å². The summed E-state index contributed by atoms with van der Waals surface area (Å²) < 4.78 is 5.44. The minimum Gasteiger partial charge on any atom is -0.484 e. The summed E-state index contributed by atoms with van der Waals surface area (Å²) in [6.45, 7) is 0.696. The Hall–Kier alpha value is -2.74. The molecular formula is C22H23N3O4S. The van der Waals surface area contributed by atoms with Crippen molar-refractivity contribution in [1.29, 1.82) is 0 Å². The number of likely N-dealkylation sites (tertiary alicyclic amines) is 1. The van der Waals surface area contributed by atoms with Gasteiger partial charge in [-0.3, -0.25) is 19.7 Å². The molecule has 8 heteroatoms.